The molecule has 0 aromatic heterocycles. The molecular weight excluding hydrogens is 492 g/mol. The van der Waals surface area contributed by atoms with Gasteiger partial charge in [-0.2, -0.15) is 0 Å². The fraction of sp³-hybridized carbons (Fsp3) is 0.179. The average Bonchev–Trinajstić information content (AvgIpc) is 2.92. The van der Waals surface area contributed by atoms with Crippen LogP contribution in [0.4, 0.5) is 5.69 Å². The van der Waals surface area contributed by atoms with Crippen molar-refractivity contribution in [3.8, 4) is 17.2 Å². The molecular formula is C28H28N2O6S. The van der Waals surface area contributed by atoms with Gasteiger partial charge in [0, 0.05) is 6.54 Å². The van der Waals surface area contributed by atoms with Gasteiger partial charge in [0.1, 0.15) is 5.75 Å². The highest BCUT2D eigenvalue weighted by molar-refractivity contribution is 7.92. The van der Waals surface area contributed by atoms with E-state index in [1.165, 1.54) is 6.07 Å². The summed E-state index contributed by atoms with van der Waals surface area (Å²) in [5.41, 5.74) is 1.38. The van der Waals surface area contributed by atoms with Crippen LogP contribution in [0.25, 0.3) is 10.8 Å². The summed E-state index contributed by atoms with van der Waals surface area (Å²) < 4.78 is 44.7. The van der Waals surface area contributed by atoms with Crippen molar-refractivity contribution in [1.29, 1.82) is 0 Å². The molecule has 2 N–H and O–H groups in total. The Morgan fingerprint density at radius 1 is 0.784 bits per heavy atom. The molecule has 0 radical (unpaired) electrons. The predicted octanol–water partition coefficient (Wildman–Crippen LogP) is 4.64. The zero-order valence-electron chi connectivity index (χ0n) is 20.8. The second-order valence-corrected chi connectivity index (χ2v) is 9.90. The van der Waals surface area contributed by atoms with Crippen LogP contribution < -0.4 is 24.2 Å². The lowest BCUT2D eigenvalue weighted by atomic mass is 10.1. The summed E-state index contributed by atoms with van der Waals surface area (Å²) in [5, 5.41) is 4.47. The molecule has 4 aromatic carbocycles. The van der Waals surface area contributed by atoms with Gasteiger partial charge in [0.2, 0.25) is 0 Å². The van der Waals surface area contributed by atoms with Crippen LogP contribution in [-0.4, -0.2) is 42.2 Å². The fourth-order valence-corrected chi connectivity index (χ4v) is 5.04. The van der Waals surface area contributed by atoms with Crippen molar-refractivity contribution in [3.63, 3.8) is 0 Å². The Morgan fingerprint density at radius 3 is 2.27 bits per heavy atom. The number of anilines is 1. The van der Waals surface area contributed by atoms with E-state index in [9.17, 15) is 13.2 Å². The van der Waals surface area contributed by atoms with Gasteiger partial charge >= 0.3 is 0 Å². The Bertz CT molecular complexity index is 1540. The van der Waals surface area contributed by atoms with Crippen molar-refractivity contribution >= 4 is 32.4 Å². The normalized spacial score (nSPS) is 11.1. The number of nitrogens with one attached hydrogen (secondary N) is 2. The summed E-state index contributed by atoms with van der Waals surface area (Å²) in [6, 6.07) is 22.3. The largest absolute Gasteiger partial charge is 0.497 e. The molecule has 0 atom stereocenters. The number of hydrogen-bond donors (Lipinski definition) is 2. The van der Waals surface area contributed by atoms with E-state index < -0.39 is 10.0 Å². The van der Waals surface area contributed by atoms with Crippen molar-refractivity contribution in [1.82, 2.24) is 5.32 Å². The Balaban J connectivity index is 1.47. The molecule has 4 rings (SSSR count). The highest BCUT2D eigenvalue weighted by Crippen LogP contribution is 2.28. The van der Waals surface area contributed by atoms with Crippen LogP contribution in [0.5, 0.6) is 17.2 Å². The van der Waals surface area contributed by atoms with Gasteiger partial charge in [-0.1, -0.05) is 30.3 Å². The quantitative estimate of drug-likeness (QED) is 0.316. The maximum atomic E-state index is 13.2. The monoisotopic (exact) mass is 520 g/mol. The summed E-state index contributed by atoms with van der Waals surface area (Å²) in [6.45, 7) is 0.351. The van der Waals surface area contributed by atoms with Crippen LogP contribution in [0.15, 0.2) is 83.8 Å². The first kappa shape index (κ1) is 25.8. The molecule has 0 saturated heterocycles. The molecule has 0 aliphatic rings. The number of benzene rings is 4. The molecule has 1 amide bonds. The Kier molecular flexibility index (Phi) is 7.83. The van der Waals surface area contributed by atoms with Crippen molar-refractivity contribution in [2.75, 3.05) is 32.6 Å². The summed E-state index contributed by atoms with van der Waals surface area (Å²) in [5.74, 6) is 1.54. The van der Waals surface area contributed by atoms with E-state index >= 15 is 0 Å². The highest BCUT2D eigenvalue weighted by Gasteiger charge is 2.19. The smallest absolute Gasteiger partial charge is 0.261 e. The number of para-hydroxylation sites is 1. The number of carbonyl (C=O) groups excluding carboxylic acids is 1. The van der Waals surface area contributed by atoms with Crippen molar-refractivity contribution in [2.45, 2.75) is 11.3 Å². The lowest BCUT2D eigenvalue weighted by Gasteiger charge is -2.14. The SMILES string of the molecule is COc1ccc2cc(S(=O)(=O)Nc3ccccc3C(=O)NCCc3ccc(OC)c(OC)c3)ccc2c1. The van der Waals surface area contributed by atoms with Crippen molar-refractivity contribution in [2.24, 2.45) is 0 Å². The van der Waals surface area contributed by atoms with E-state index in [1.807, 2.05) is 24.3 Å². The number of sulfonamides is 1. The van der Waals surface area contributed by atoms with E-state index in [0.717, 1.165) is 16.3 Å². The van der Waals surface area contributed by atoms with E-state index in [-0.39, 0.29) is 22.1 Å². The molecule has 0 bridgehead atoms. The van der Waals surface area contributed by atoms with E-state index in [0.29, 0.717) is 30.2 Å². The molecule has 4 aromatic rings. The predicted molar refractivity (Wildman–Crippen MR) is 143 cm³/mol. The first-order valence-electron chi connectivity index (χ1n) is 11.5. The average molecular weight is 521 g/mol. The van der Waals surface area contributed by atoms with Crippen LogP contribution in [0.1, 0.15) is 15.9 Å². The third-order valence-corrected chi connectivity index (χ3v) is 7.26. The van der Waals surface area contributed by atoms with E-state index in [2.05, 4.69) is 10.0 Å². The second-order valence-electron chi connectivity index (χ2n) is 8.22. The molecule has 192 valence electrons. The third-order valence-electron chi connectivity index (χ3n) is 5.89. The lowest BCUT2D eigenvalue weighted by Crippen LogP contribution is -2.27. The number of hydrogen-bond acceptors (Lipinski definition) is 6. The van der Waals surface area contributed by atoms with Crippen LogP contribution >= 0.6 is 0 Å². The minimum atomic E-state index is -3.94. The minimum Gasteiger partial charge on any atom is -0.497 e. The molecule has 0 fully saturated rings. The maximum absolute atomic E-state index is 13.2. The molecule has 0 aliphatic heterocycles. The molecule has 37 heavy (non-hydrogen) atoms. The van der Waals surface area contributed by atoms with Gasteiger partial charge < -0.3 is 19.5 Å². The molecule has 0 aliphatic carbocycles. The van der Waals surface area contributed by atoms with Gasteiger partial charge in [0.25, 0.3) is 15.9 Å². The number of ether oxygens (including phenoxy) is 3. The Labute approximate surface area is 216 Å². The summed E-state index contributed by atoms with van der Waals surface area (Å²) >= 11 is 0. The molecule has 9 heteroatoms. The third kappa shape index (κ3) is 5.95. The lowest BCUT2D eigenvalue weighted by molar-refractivity contribution is 0.0955. The highest BCUT2D eigenvalue weighted by atomic mass is 32.2. The summed E-state index contributed by atoms with van der Waals surface area (Å²) in [7, 11) is 0.772. The summed E-state index contributed by atoms with van der Waals surface area (Å²) in [6.07, 6.45) is 0.557. The molecule has 0 unspecified atom stereocenters. The van der Waals surface area contributed by atoms with Gasteiger partial charge in [0.05, 0.1) is 37.5 Å². The van der Waals surface area contributed by atoms with Gasteiger partial charge in [-0.25, -0.2) is 8.42 Å². The summed E-state index contributed by atoms with van der Waals surface area (Å²) in [4.78, 5) is 13.0. The molecule has 8 nitrogen and oxygen atoms in total. The van der Waals surface area contributed by atoms with Gasteiger partial charge in [-0.3, -0.25) is 9.52 Å². The Hall–Kier alpha value is -4.24. The fourth-order valence-electron chi connectivity index (χ4n) is 3.92. The molecule has 0 heterocycles. The van der Waals surface area contributed by atoms with E-state index in [1.54, 1.807) is 69.9 Å². The Morgan fingerprint density at radius 2 is 1.51 bits per heavy atom. The van der Waals surface area contributed by atoms with Crippen LogP contribution in [0.3, 0.4) is 0 Å². The maximum Gasteiger partial charge on any atom is 0.261 e. The topological polar surface area (TPSA) is 103 Å². The van der Waals surface area contributed by atoms with Crippen LogP contribution in [0.2, 0.25) is 0 Å². The van der Waals surface area contributed by atoms with Crippen LogP contribution in [-0.2, 0) is 16.4 Å². The molecule has 0 saturated carbocycles. The molecule has 0 spiro atoms. The standard InChI is InChI=1S/C28H28N2O6S/c1-34-22-11-9-21-18-23(12-10-20(21)17-22)37(32,33)30-25-7-5-4-6-24(25)28(31)29-15-14-19-8-13-26(35-2)27(16-19)36-3/h4-13,16-18,30H,14-15H2,1-3H3,(H,29,31). The van der Waals surface area contributed by atoms with E-state index in [4.69, 9.17) is 14.2 Å². The first-order chi connectivity index (χ1) is 17.8. The van der Waals surface area contributed by atoms with Gasteiger partial charge in [0.15, 0.2) is 11.5 Å². The number of rotatable bonds is 10. The minimum absolute atomic E-state index is 0.0915. The number of amides is 1. The first-order valence-corrected chi connectivity index (χ1v) is 13.0. The number of methoxy groups -OCH3 is 3. The van der Waals surface area contributed by atoms with Crippen molar-refractivity contribution < 1.29 is 27.4 Å². The second kappa shape index (κ2) is 11.2. The van der Waals surface area contributed by atoms with Gasteiger partial charge in [-0.05, 0) is 71.3 Å². The van der Waals surface area contributed by atoms with Crippen LogP contribution in [0, 0.1) is 0 Å². The number of fused-ring (bicyclic) bond motifs is 1. The zero-order chi connectivity index (χ0) is 26.4. The van der Waals surface area contributed by atoms with Gasteiger partial charge in [-0.15, -0.1) is 0 Å². The zero-order valence-corrected chi connectivity index (χ0v) is 21.6. The number of carbonyl (C=O) groups is 1. The van der Waals surface area contributed by atoms with Crippen molar-refractivity contribution in [3.05, 3.63) is 90.0 Å².